The first-order valence-corrected chi connectivity index (χ1v) is 6.89. The number of nitrogens with zero attached hydrogens (tertiary/aromatic N) is 2. The van der Waals surface area contributed by atoms with Gasteiger partial charge >= 0.3 is 0 Å². The molecule has 0 radical (unpaired) electrons. The maximum atomic E-state index is 6.16. The summed E-state index contributed by atoms with van der Waals surface area (Å²) in [6.07, 6.45) is 0. The molecule has 0 saturated heterocycles. The summed E-state index contributed by atoms with van der Waals surface area (Å²) in [5, 5.41) is 1.11. The van der Waals surface area contributed by atoms with Crippen molar-refractivity contribution in [2.75, 3.05) is 11.9 Å². The lowest BCUT2D eigenvalue weighted by Gasteiger charge is -2.21. The predicted octanol–water partition coefficient (Wildman–Crippen LogP) is 4.99. The summed E-state index contributed by atoms with van der Waals surface area (Å²) >= 11 is 18.0. The van der Waals surface area contributed by atoms with Gasteiger partial charge in [0.1, 0.15) is 11.0 Å². The van der Waals surface area contributed by atoms with Gasteiger partial charge in [-0.05, 0) is 24.1 Å². The Morgan fingerprint density at radius 1 is 1.11 bits per heavy atom. The van der Waals surface area contributed by atoms with E-state index in [2.05, 4.69) is 24.0 Å². The first-order valence-electron chi connectivity index (χ1n) is 5.76. The molecule has 5 heteroatoms. The third kappa shape index (κ3) is 3.33. The average Bonchev–Trinajstić information content (AvgIpc) is 2.36. The van der Waals surface area contributed by atoms with Crippen LogP contribution >= 0.6 is 34.8 Å². The molecule has 0 amide bonds. The van der Waals surface area contributed by atoms with Gasteiger partial charge in [-0.3, -0.25) is 0 Å². The molecular weight excluding hydrogens is 303 g/mol. The van der Waals surface area contributed by atoms with E-state index in [1.54, 1.807) is 6.07 Å². The van der Waals surface area contributed by atoms with E-state index in [1.165, 1.54) is 11.1 Å². The molecule has 100 valence electrons. The highest BCUT2D eigenvalue weighted by Crippen LogP contribution is 2.31. The van der Waals surface area contributed by atoms with Gasteiger partial charge < -0.3 is 4.90 Å². The predicted molar refractivity (Wildman–Crippen MR) is 82.6 cm³/mol. The molecule has 0 unspecified atom stereocenters. The monoisotopic (exact) mass is 314 g/mol. The molecule has 0 spiro atoms. The molecule has 2 aromatic rings. The van der Waals surface area contributed by atoms with Crippen LogP contribution in [-0.4, -0.2) is 12.0 Å². The Kier molecular flexibility index (Phi) is 4.56. The van der Waals surface area contributed by atoms with Crippen molar-refractivity contribution in [2.24, 2.45) is 0 Å². The summed E-state index contributed by atoms with van der Waals surface area (Å²) in [6.45, 7) is 2.78. The minimum absolute atomic E-state index is 0.262. The minimum atomic E-state index is 0.262. The van der Waals surface area contributed by atoms with E-state index in [0.717, 1.165) is 0 Å². The maximum Gasteiger partial charge on any atom is 0.150 e. The summed E-state index contributed by atoms with van der Waals surface area (Å²) in [5.74, 6) is 0.624. The van der Waals surface area contributed by atoms with Crippen LogP contribution in [0.3, 0.4) is 0 Å². The quantitative estimate of drug-likeness (QED) is 0.742. The summed E-state index contributed by atoms with van der Waals surface area (Å²) in [6, 6.07) is 9.80. The van der Waals surface area contributed by atoms with Gasteiger partial charge in [-0.25, -0.2) is 4.98 Å². The molecule has 0 N–H and O–H groups in total. The zero-order valence-electron chi connectivity index (χ0n) is 10.6. The first kappa shape index (κ1) is 14.4. The fourth-order valence-corrected chi connectivity index (χ4v) is 2.46. The SMILES string of the molecule is Cc1ccccc1CN(C)c1nc(Cl)c(Cl)cc1Cl. The number of hydrogen-bond donors (Lipinski definition) is 0. The van der Waals surface area contributed by atoms with E-state index >= 15 is 0 Å². The summed E-state index contributed by atoms with van der Waals surface area (Å²) in [5.41, 5.74) is 2.44. The Hall–Kier alpha value is -0.960. The number of hydrogen-bond acceptors (Lipinski definition) is 2. The number of benzene rings is 1. The van der Waals surface area contributed by atoms with Crippen molar-refractivity contribution in [1.82, 2.24) is 4.98 Å². The molecule has 1 aromatic carbocycles. The number of anilines is 1. The third-order valence-corrected chi connectivity index (χ3v) is 3.85. The summed E-state index contributed by atoms with van der Waals surface area (Å²) in [4.78, 5) is 6.18. The Labute approximate surface area is 127 Å². The van der Waals surface area contributed by atoms with Crippen molar-refractivity contribution >= 4 is 40.6 Å². The second kappa shape index (κ2) is 6.00. The van der Waals surface area contributed by atoms with Crippen LogP contribution in [0.2, 0.25) is 15.2 Å². The highest BCUT2D eigenvalue weighted by atomic mass is 35.5. The molecule has 0 fully saturated rings. The van der Waals surface area contributed by atoms with E-state index < -0.39 is 0 Å². The van der Waals surface area contributed by atoms with Crippen LogP contribution in [0.1, 0.15) is 11.1 Å². The lowest BCUT2D eigenvalue weighted by molar-refractivity contribution is 0.891. The second-order valence-electron chi connectivity index (χ2n) is 4.35. The Bertz CT molecular complexity index is 599. The molecule has 2 rings (SSSR count). The molecule has 0 aliphatic heterocycles. The Balaban J connectivity index is 2.28. The molecule has 1 heterocycles. The molecule has 2 nitrogen and oxygen atoms in total. The Morgan fingerprint density at radius 3 is 2.47 bits per heavy atom. The number of pyridine rings is 1. The van der Waals surface area contributed by atoms with Crippen molar-refractivity contribution in [3.05, 3.63) is 56.7 Å². The lowest BCUT2D eigenvalue weighted by atomic mass is 10.1. The summed E-state index contributed by atoms with van der Waals surface area (Å²) in [7, 11) is 1.92. The van der Waals surface area contributed by atoms with Crippen LogP contribution in [0.15, 0.2) is 30.3 Å². The van der Waals surface area contributed by atoms with Gasteiger partial charge in [-0.1, -0.05) is 59.1 Å². The number of aryl methyl sites for hydroxylation is 1. The van der Waals surface area contributed by atoms with E-state index in [9.17, 15) is 0 Å². The molecule has 0 atom stereocenters. The molecule has 0 saturated carbocycles. The van der Waals surface area contributed by atoms with Crippen molar-refractivity contribution in [3.8, 4) is 0 Å². The van der Waals surface area contributed by atoms with E-state index in [0.29, 0.717) is 22.4 Å². The molecule has 19 heavy (non-hydrogen) atoms. The molecule has 0 bridgehead atoms. The lowest BCUT2D eigenvalue weighted by Crippen LogP contribution is -2.18. The largest absolute Gasteiger partial charge is 0.354 e. The van der Waals surface area contributed by atoms with Crippen LogP contribution < -0.4 is 4.90 Å². The van der Waals surface area contributed by atoms with Gasteiger partial charge in [0.05, 0.1) is 10.0 Å². The molecular formula is C14H13Cl3N2. The van der Waals surface area contributed by atoms with Crippen LogP contribution in [0.25, 0.3) is 0 Å². The zero-order chi connectivity index (χ0) is 14.0. The van der Waals surface area contributed by atoms with E-state index in [-0.39, 0.29) is 5.15 Å². The van der Waals surface area contributed by atoms with Gasteiger partial charge in [0, 0.05) is 13.6 Å². The van der Waals surface area contributed by atoms with Crippen LogP contribution in [0.4, 0.5) is 5.82 Å². The fraction of sp³-hybridized carbons (Fsp3) is 0.214. The van der Waals surface area contributed by atoms with Crippen molar-refractivity contribution in [2.45, 2.75) is 13.5 Å². The normalized spacial score (nSPS) is 10.6. The van der Waals surface area contributed by atoms with Gasteiger partial charge in [0.2, 0.25) is 0 Å². The topological polar surface area (TPSA) is 16.1 Å². The minimum Gasteiger partial charge on any atom is -0.354 e. The fourth-order valence-electron chi connectivity index (χ4n) is 1.82. The van der Waals surface area contributed by atoms with Crippen LogP contribution in [0, 0.1) is 6.92 Å². The zero-order valence-corrected chi connectivity index (χ0v) is 12.9. The summed E-state index contributed by atoms with van der Waals surface area (Å²) < 4.78 is 0. The number of aromatic nitrogens is 1. The highest BCUT2D eigenvalue weighted by molar-refractivity contribution is 6.42. The smallest absolute Gasteiger partial charge is 0.150 e. The van der Waals surface area contributed by atoms with Crippen molar-refractivity contribution in [1.29, 1.82) is 0 Å². The number of rotatable bonds is 3. The molecule has 0 aliphatic rings. The van der Waals surface area contributed by atoms with Gasteiger partial charge in [0.25, 0.3) is 0 Å². The van der Waals surface area contributed by atoms with E-state index in [1.807, 2.05) is 24.1 Å². The second-order valence-corrected chi connectivity index (χ2v) is 5.52. The van der Waals surface area contributed by atoms with Gasteiger partial charge in [-0.15, -0.1) is 0 Å². The third-order valence-electron chi connectivity index (χ3n) is 2.90. The Morgan fingerprint density at radius 2 is 1.79 bits per heavy atom. The van der Waals surface area contributed by atoms with Crippen LogP contribution in [-0.2, 0) is 6.54 Å². The van der Waals surface area contributed by atoms with Crippen LogP contribution in [0.5, 0.6) is 0 Å². The van der Waals surface area contributed by atoms with Gasteiger partial charge in [-0.2, -0.15) is 0 Å². The molecule has 0 aliphatic carbocycles. The van der Waals surface area contributed by atoms with Crippen molar-refractivity contribution in [3.63, 3.8) is 0 Å². The maximum absolute atomic E-state index is 6.16. The molecule has 1 aromatic heterocycles. The standard InChI is InChI=1S/C14H13Cl3N2/c1-9-5-3-4-6-10(9)8-19(2)14-12(16)7-11(15)13(17)18-14/h3-7H,8H2,1-2H3. The number of halogens is 3. The van der Waals surface area contributed by atoms with Crippen molar-refractivity contribution < 1.29 is 0 Å². The van der Waals surface area contributed by atoms with E-state index in [4.69, 9.17) is 34.8 Å². The van der Waals surface area contributed by atoms with Gasteiger partial charge in [0.15, 0.2) is 0 Å². The highest BCUT2D eigenvalue weighted by Gasteiger charge is 2.12. The first-order chi connectivity index (χ1) is 8.99. The average molecular weight is 316 g/mol.